The minimum Gasteiger partial charge on any atom is -0.464 e. The van der Waals surface area contributed by atoms with Crippen LogP contribution in [0.15, 0.2) is 30.5 Å². The number of hydrogen-bond donors (Lipinski definition) is 1. The summed E-state index contributed by atoms with van der Waals surface area (Å²) in [4.78, 5) is 19.4. The maximum Gasteiger partial charge on any atom is 0.360 e. The molecule has 0 aliphatic carbocycles. The summed E-state index contributed by atoms with van der Waals surface area (Å²) in [5.41, 5.74) is 6.87. The molecule has 0 amide bonds. The van der Waals surface area contributed by atoms with E-state index in [2.05, 4.69) is 14.7 Å². The Kier molecular flexibility index (Phi) is 3.43. The van der Waals surface area contributed by atoms with Crippen molar-refractivity contribution in [2.45, 2.75) is 0 Å². The first-order chi connectivity index (χ1) is 8.63. The summed E-state index contributed by atoms with van der Waals surface area (Å²) in [5, 5.41) is 0.539. The highest BCUT2D eigenvalue weighted by Crippen LogP contribution is 2.26. The maximum atomic E-state index is 11.3. The number of benzene rings is 1. The van der Waals surface area contributed by atoms with Crippen molar-refractivity contribution in [3.8, 4) is 11.3 Å². The van der Waals surface area contributed by atoms with E-state index in [1.54, 1.807) is 12.1 Å². The van der Waals surface area contributed by atoms with Crippen LogP contribution in [0.25, 0.3) is 11.3 Å². The zero-order valence-electron chi connectivity index (χ0n) is 9.55. The number of ether oxygens (including phenoxy) is 1. The predicted molar refractivity (Wildman–Crippen MR) is 68.2 cm³/mol. The number of halogens is 1. The van der Waals surface area contributed by atoms with Gasteiger partial charge in [-0.25, -0.2) is 14.8 Å². The summed E-state index contributed by atoms with van der Waals surface area (Å²) in [6.45, 7) is 0. The zero-order valence-corrected chi connectivity index (χ0v) is 10.3. The zero-order chi connectivity index (χ0) is 13.1. The molecule has 0 aliphatic heterocycles. The number of aromatic nitrogens is 2. The first kappa shape index (κ1) is 12.3. The number of methoxy groups -OCH3 is 1. The summed E-state index contributed by atoms with van der Waals surface area (Å²) in [5.74, 6) is -0.607. The molecule has 0 bridgehead atoms. The Morgan fingerprint density at radius 2 is 2.11 bits per heavy atom. The lowest BCUT2D eigenvalue weighted by Gasteiger charge is -2.06. The van der Waals surface area contributed by atoms with E-state index in [4.69, 9.17) is 17.3 Å². The van der Waals surface area contributed by atoms with Crippen molar-refractivity contribution in [2.75, 3.05) is 12.8 Å². The molecule has 18 heavy (non-hydrogen) atoms. The van der Waals surface area contributed by atoms with Gasteiger partial charge in [-0.15, -0.1) is 0 Å². The van der Waals surface area contributed by atoms with Gasteiger partial charge in [0.1, 0.15) is 0 Å². The van der Waals surface area contributed by atoms with Crippen molar-refractivity contribution in [3.05, 3.63) is 41.2 Å². The molecular formula is C12H10ClN3O2. The Hall–Kier alpha value is -2.14. The number of anilines is 1. The third-order valence-electron chi connectivity index (χ3n) is 2.33. The van der Waals surface area contributed by atoms with E-state index in [0.717, 1.165) is 0 Å². The van der Waals surface area contributed by atoms with Crippen LogP contribution in [0.5, 0.6) is 0 Å². The fraction of sp³-hybridized carbons (Fsp3) is 0.0833. The second-order valence-corrected chi connectivity index (χ2v) is 3.87. The molecule has 6 heteroatoms. The summed E-state index contributed by atoms with van der Waals surface area (Å²) < 4.78 is 4.54. The van der Waals surface area contributed by atoms with Crippen molar-refractivity contribution in [2.24, 2.45) is 0 Å². The molecule has 1 aromatic heterocycles. The first-order valence-corrected chi connectivity index (χ1v) is 5.47. The van der Waals surface area contributed by atoms with Gasteiger partial charge < -0.3 is 10.5 Å². The monoisotopic (exact) mass is 263 g/mol. The number of esters is 1. The minimum absolute atomic E-state index is 0.00620. The molecule has 0 fully saturated rings. The molecule has 2 aromatic rings. The second kappa shape index (κ2) is 5.01. The molecule has 1 heterocycles. The molecule has 0 spiro atoms. The van der Waals surface area contributed by atoms with Gasteiger partial charge in [-0.05, 0) is 6.07 Å². The van der Waals surface area contributed by atoms with Crippen LogP contribution >= 0.6 is 11.6 Å². The molecule has 0 aliphatic rings. The van der Waals surface area contributed by atoms with Crippen molar-refractivity contribution in [1.29, 1.82) is 0 Å². The van der Waals surface area contributed by atoms with Crippen LogP contribution in [0, 0.1) is 0 Å². The van der Waals surface area contributed by atoms with E-state index in [9.17, 15) is 4.79 Å². The SMILES string of the molecule is COC(=O)c1ncc(-c2ccccc2Cl)nc1N. The van der Waals surface area contributed by atoms with E-state index in [-0.39, 0.29) is 11.5 Å². The van der Waals surface area contributed by atoms with Gasteiger partial charge in [0.25, 0.3) is 0 Å². The highest BCUT2D eigenvalue weighted by molar-refractivity contribution is 6.33. The Morgan fingerprint density at radius 3 is 2.72 bits per heavy atom. The van der Waals surface area contributed by atoms with E-state index < -0.39 is 5.97 Å². The fourth-order valence-electron chi connectivity index (χ4n) is 1.46. The molecule has 5 nitrogen and oxygen atoms in total. The molecular weight excluding hydrogens is 254 g/mol. The van der Waals surface area contributed by atoms with Gasteiger partial charge in [0.15, 0.2) is 11.5 Å². The number of nitrogens with two attached hydrogens (primary N) is 1. The molecule has 0 radical (unpaired) electrons. The fourth-order valence-corrected chi connectivity index (χ4v) is 1.69. The topological polar surface area (TPSA) is 78.1 Å². The van der Waals surface area contributed by atoms with Crippen molar-refractivity contribution in [1.82, 2.24) is 9.97 Å². The lowest BCUT2D eigenvalue weighted by atomic mass is 10.1. The summed E-state index contributed by atoms with van der Waals surface area (Å²) in [7, 11) is 1.26. The quantitative estimate of drug-likeness (QED) is 0.840. The summed E-state index contributed by atoms with van der Waals surface area (Å²) in [6.07, 6.45) is 1.43. The number of carbonyl (C=O) groups excluding carboxylic acids is 1. The minimum atomic E-state index is -0.620. The first-order valence-electron chi connectivity index (χ1n) is 5.09. The Bertz CT molecular complexity index is 602. The van der Waals surface area contributed by atoms with E-state index in [0.29, 0.717) is 16.3 Å². The average molecular weight is 264 g/mol. The maximum absolute atomic E-state index is 11.3. The van der Waals surface area contributed by atoms with E-state index >= 15 is 0 Å². The van der Waals surface area contributed by atoms with Crippen LogP contribution in [0.4, 0.5) is 5.82 Å². The predicted octanol–water partition coefficient (Wildman–Crippen LogP) is 2.17. The number of carbonyl (C=O) groups is 1. The normalized spacial score (nSPS) is 10.1. The molecule has 92 valence electrons. The van der Waals surface area contributed by atoms with E-state index in [1.807, 2.05) is 12.1 Å². The number of nitrogen functional groups attached to an aromatic ring is 1. The lowest BCUT2D eigenvalue weighted by Crippen LogP contribution is -2.10. The van der Waals surface area contributed by atoms with Crippen molar-refractivity contribution < 1.29 is 9.53 Å². The van der Waals surface area contributed by atoms with E-state index in [1.165, 1.54) is 13.3 Å². The molecule has 0 saturated carbocycles. The number of hydrogen-bond acceptors (Lipinski definition) is 5. The van der Waals surface area contributed by atoms with Crippen LogP contribution in [0.1, 0.15) is 10.5 Å². The Balaban J connectivity index is 2.47. The van der Waals surface area contributed by atoms with Gasteiger partial charge in [0, 0.05) is 5.56 Å². The average Bonchev–Trinajstić information content (AvgIpc) is 2.38. The lowest BCUT2D eigenvalue weighted by molar-refractivity contribution is 0.0595. The Labute approximate surface area is 109 Å². The van der Waals surface area contributed by atoms with Gasteiger partial charge in [0.05, 0.1) is 24.0 Å². The van der Waals surface area contributed by atoms with Crippen molar-refractivity contribution >= 4 is 23.4 Å². The Morgan fingerprint density at radius 1 is 1.39 bits per heavy atom. The number of nitrogens with zero attached hydrogens (tertiary/aromatic N) is 2. The van der Waals surface area contributed by atoms with Crippen LogP contribution in [0.3, 0.4) is 0 Å². The second-order valence-electron chi connectivity index (χ2n) is 3.46. The van der Waals surface area contributed by atoms with Crippen LogP contribution in [0.2, 0.25) is 5.02 Å². The van der Waals surface area contributed by atoms with Gasteiger partial charge in [-0.2, -0.15) is 0 Å². The van der Waals surface area contributed by atoms with Gasteiger partial charge in [-0.1, -0.05) is 29.8 Å². The van der Waals surface area contributed by atoms with Gasteiger partial charge in [-0.3, -0.25) is 0 Å². The summed E-state index contributed by atoms with van der Waals surface area (Å²) >= 11 is 6.04. The third-order valence-corrected chi connectivity index (χ3v) is 2.66. The third kappa shape index (κ3) is 2.26. The van der Waals surface area contributed by atoms with Crippen LogP contribution < -0.4 is 5.73 Å². The number of rotatable bonds is 2. The standard InChI is InChI=1S/C12H10ClN3O2/c1-18-12(17)10-11(14)16-9(6-15-10)7-4-2-3-5-8(7)13/h2-6H,1H3,(H2,14,16). The van der Waals surface area contributed by atoms with Gasteiger partial charge >= 0.3 is 5.97 Å². The molecule has 0 atom stereocenters. The van der Waals surface area contributed by atoms with Crippen LogP contribution in [-0.2, 0) is 4.74 Å². The summed E-state index contributed by atoms with van der Waals surface area (Å²) in [6, 6.07) is 7.17. The molecule has 2 rings (SSSR count). The molecule has 0 unspecified atom stereocenters. The van der Waals surface area contributed by atoms with Crippen LogP contribution in [-0.4, -0.2) is 23.0 Å². The molecule has 0 saturated heterocycles. The molecule has 2 N–H and O–H groups in total. The largest absolute Gasteiger partial charge is 0.464 e. The smallest absolute Gasteiger partial charge is 0.360 e. The highest BCUT2D eigenvalue weighted by Gasteiger charge is 2.14. The van der Waals surface area contributed by atoms with Crippen molar-refractivity contribution in [3.63, 3.8) is 0 Å². The molecule has 1 aromatic carbocycles. The highest BCUT2D eigenvalue weighted by atomic mass is 35.5. The van der Waals surface area contributed by atoms with Gasteiger partial charge in [0.2, 0.25) is 0 Å².